The third-order valence-electron chi connectivity index (χ3n) is 3.86. The van der Waals surface area contributed by atoms with E-state index in [0.717, 1.165) is 42.0 Å². The second-order valence-corrected chi connectivity index (χ2v) is 6.81. The molecule has 2 amide bonds. The number of anilines is 1. The maximum atomic E-state index is 12.3. The molecule has 1 aromatic heterocycles. The topological polar surface area (TPSA) is 48.5 Å². The third-order valence-corrected chi connectivity index (χ3v) is 4.54. The molecule has 1 saturated heterocycles. The molecule has 0 atom stereocenters. The minimum atomic E-state index is -0.0203. The molecule has 5 nitrogen and oxygen atoms in total. The van der Waals surface area contributed by atoms with Crippen LogP contribution in [-0.4, -0.2) is 47.0 Å². The summed E-state index contributed by atoms with van der Waals surface area (Å²) < 4.78 is 1.11. The Morgan fingerprint density at radius 1 is 1.17 bits per heavy atom. The SMILES string of the molecule is O=C(Nc1cccc(I)c1)N1CCN(Cc2cccnc2)CC1. The van der Waals surface area contributed by atoms with Crippen LogP contribution in [0.4, 0.5) is 10.5 Å². The molecule has 0 bridgehead atoms. The van der Waals surface area contributed by atoms with Crippen molar-refractivity contribution in [3.8, 4) is 0 Å². The Hall–Kier alpha value is -1.67. The molecule has 2 aromatic rings. The lowest BCUT2D eigenvalue weighted by molar-refractivity contribution is 0.143. The monoisotopic (exact) mass is 422 g/mol. The van der Waals surface area contributed by atoms with Crippen molar-refractivity contribution in [1.29, 1.82) is 0 Å². The van der Waals surface area contributed by atoms with E-state index in [2.05, 4.69) is 43.9 Å². The second-order valence-electron chi connectivity index (χ2n) is 5.56. The molecular formula is C17H19IN4O. The number of nitrogens with one attached hydrogen (secondary N) is 1. The van der Waals surface area contributed by atoms with E-state index in [-0.39, 0.29) is 6.03 Å². The van der Waals surface area contributed by atoms with Gasteiger partial charge in [-0.15, -0.1) is 0 Å². The van der Waals surface area contributed by atoms with Gasteiger partial charge in [-0.05, 0) is 52.4 Å². The van der Waals surface area contributed by atoms with Gasteiger partial charge in [0.25, 0.3) is 0 Å². The molecule has 1 aromatic carbocycles. The van der Waals surface area contributed by atoms with E-state index < -0.39 is 0 Å². The molecule has 6 heteroatoms. The van der Waals surface area contributed by atoms with Gasteiger partial charge in [-0.25, -0.2) is 4.79 Å². The van der Waals surface area contributed by atoms with E-state index in [0.29, 0.717) is 0 Å². The lowest BCUT2D eigenvalue weighted by atomic mass is 10.2. The average molecular weight is 422 g/mol. The Morgan fingerprint density at radius 3 is 2.70 bits per heavy atom. The van der Waals surface area contributed by atoms with E-state index in [4.69, 9.17) is 0 Å². The van der Waals surface area contributed by atoms with Crippen LogP contribution < -0.4 is 5.32 Å². The van der Waals surface area contributed by atoms with Gasteiger partial charge in [0, 0.05) is 54.4 Å². The number of carbonyl (C=O) groups is 1. The molecule has 0 unspecified atom stereocenters. The normalized spacial score (nSPS) is 15.4. The highest BCUT2D eigenvalue weighted by Gasteiger charge is 2.21. The van der Waals surface area contributed by atoms with Gasteiger partial charge in [-0.1, -0.05) is 12.1 Å². The third kappa shape index (κ3) is 4.65. The summed E-state index contributed by atoms with van der Waals surface area (Å²) in [5.41, 5.74) is 2.06. The summed E-state index contributed by atoms with van der Waals surface area (Å²) in [5, 5.41) is 2.97. The number of piperazine rings is 1. The van der Waals surface area contributed by atoms with Gasteiger partial charge in [-0.3, -0.25) is 9.88 Å². The number of hydrogen-bond acceptors (Lipinski definition) is 3. The summed E-state index contributed by atoms with van der Waals surface area (Å²) in [6.07, 6.45) is 3.69. The van der Waals surface area contributed by atoms with Crippen molar-refractivity contribution in [2.45, 2.75) is 6.54 Å². The number of benzene rings is 1. The van der Waals surface area contributed by atoms with Crippen LogP contribution in [0.1, 0.15) is 5.56 Å². The van der Waals surface area contributed by atoms with E-state index in [1.807, 2.05) is 41.4 Å². The summed E-state index contributed by atoms with van der Waals surface area (Å²) >= 11 is 2.24. The molecule has 0 aliphatic carbocycles. The summed E-state index contributed by atoms with van der Waals surface area (Å²) in [4.78, 5) is 20.7. The smallest absolute Gasteiger partial charge is 0.321 e. The van der Waals surface area contributed by atoms with Gasteiger partial charge < -0.3 is 10.2 Å². The van der Waals surface area contributed by atoms with Crippen molar-refractivity contribution in [1.82, 2.24) is 14.8 Å². The molecule has 1 aliphatic heterocycles. The molecule has 3 rings (SSSR count). The van der Waals surface area contributed by atoms with E-state index in [1.165, 1.54) is 5.56 Å². The molecule has 23 heavy (non-hydrogen) atoms. The molecule has 1 fully saturated rings. The number of amides is 2. The fourth-order valence-electron chi connectivity index (χ4n) is 2.63. The minimum Gasteiger partial charge on any atom is -0.322 e. The van der Waals surface area contributed by atoms with Crippen LogP contribution >= 0.6 is 22.6 Å². The first-order valence-corrected chi connectivity index (χ1v) is 8.71. The van der Waals surface area contributed by atoms with Crippen molar-refractivity contribution < 1.29 is 4.79 Å². The van der Waals surface area contributed by atoms with Crippen LogP contribution in [0.25, 0.3) is 0 Å². The number of carbonyl (C=O) groups excluding carboxylic acids is 1. The highest BCUT2D eigenvalue weighted by Crippen LogP contribution is 2.14. The van der Waals surface area contributed by atoms with Gasteiger partial charge >= 0.3 is 6.03 Å². The van der Waals surface area contributed by atoms with Gasteiger partial charge in [0.15, 0.2) is 0 Å². The summed E-state index contributed by atoms with van der Waals surface area (Å²) in [6.45, 7) is 4.15. The number of urea groups is 1. The van der Waals surface area contributed by atoms with Crippen molar-refractivity contribution in [3.05, 3.63) is 57.9 Å². The van der Waals surface area contributed by atoms with Gasteiger partial charge in [0.1, 0.15) is 0 Å². The Kier molecular flexibility index (Phi) is 5.45. The average Bonchev–Trinajstić information content (AvgIpc) is 2.56. The van der Waals surface area contributed by atoms with E-state index in [9.17, 15) is 4.79 Å². The van der Waals surface area contributed by atoms with Gasteiger partial charge in [0.2, 0.25) is 0 Å². The Balaban J connectivity index is 1.49. The van der Waals surface area contributed by atoms with Crippen LogP contribution in [0.2, 0.25) is 0 Å². The molecule has 120 valence electrons. The molecular weight excluding hydrogens is 403 g/mol. The number of rotatable bonds is 3. The van der Waals surface area contributed by atoms with Gasteiger partial charge in [0.05, 0.1) is 0 Å². The van der Waals surface area contributed by atoms with Crippen LogP contribution in [-0.2, 0) is 6.54 Å². The Morgan fingerprint density at radius 2 is 2.00 bits per heavy atom. The van der Waals surface area contributed by atoms with E-state index >= 15 is 0 Å². The van der Waals surface area contributed by atoms with Crippen LogP contribution in [0.15, 0.2) is 48.8 Å². The standard InChI is InChI=1S/C17H19IN4O/c18-15-4-1-5-16(11-15)20-17(23)22-9-7-21(8-10-22)13-14-3-2-6-19-12-14/h1-6,11-12H,7-10,13H2,(H,20,23). The number of aromatic nitrogens is 1. The zero-order valence-corrected chi connectivity index (χ0v) is 14.9. The fraction of sp³-hybridized carbons (Fsp3) is 0.294. The number of pyridine rings is 1. The first-order chi connectivity index (χ1) is 11.2. The fourth-order valence-corrected chi connectivity index (χ4v) is 3.17. The molecule has 1 N–H and O–H groups in total. The van der Waals surface area contributed by atoms with Crippen LogP contribution in [0, 0.1) is 3.57 Å². The van der Waals surface area contributed by atoms with Crippen molar-refractivity contribution in [2.24, 2.45) is 0 Å². The maximum Gasteiger partial charge on any atom is 0.321 e. The number of hydrogen-bond donors (Lipinski definition) is 1. The highest BCUT2D eigenvalue weighted by molar-refractivity contribution is 14.1. The predicted octanol–water partition coefficient (Wildman–Crippen LogP) is 3.04. The van der Waals surface area contributed by atoms with E-state index in [1.54, 1.807) is 6.20 Å². The van der Waals surface area contributed by atoms with Crippen LogP contribution in [0.3, 0.4) is 0 Å². The zero-order chi connectivity index (χ0) is 16.1. The largest absolute Gasteiger partial charge is 0.322 e. The Labute approximate surface area is 149 Å². The summed E-state index contributed by atoms with van der Waals surface area (Å²) in [7, 11) is 0. The molecule has 1 aliphatic rings. The minimum absolute atomic E-state index is 0.0203. The van der Waals surface area contributed by atoms with Crippen molar-refractivity contribution >= 4 is 34.3 Å². The first-order valence-electron chi connectivity index (χ1n) is 7.63. The number of halogens is 1. The predicted molar refractivity (Wildman–Crippen MR) is 99.3 cm³/mol. The Bertz CT molecular complexity index is 657. The highest BCUT2D eigenvalue weighted by atomic mass is 127. The maximum absolute atomic E-state index is 12.3. The lowest BCUT2D eigenvalue weighted by Gasteiger charge is -2.34. The van der Waals surface area contributed by atoms with Crippen molar-refractivity contribution in [2.75, 3.05) is 31.5 Å². The number of nitrogens with zero attached hydrogens (tertiary/aromatic N) is 3. The molecule has 0 saturated carbocycles. The lowest BCUT2D eigenvalue weighted by Crippen LogP contribution is -2.49. The second kappa shape index (κ2) is 7.74. The molecule has 0 spiro atoms. The summed E-state index contributed by atoms with van der Waals surface area (Å²) in [5.74, 6) is 0. The zero-order valence-electron chi connectivity index (χ0n) is 12.8. The van der Waals surface area contributed by atoms with Crippen molar-refractivity contribution in [3.63, 3.8) is 0 Å². The molecule has 0 radical (unpaired) electrons. The first kappa shape index (κ1) is 16.2. The summed E-state index contributed by atoms with van der Waals surface area (Å²) in [6, 6.07) is 11.9. The molecule has 2 heterocycles. The quantitative estimate of drug-likeness (QED) is 0.774. The van der Waals surface area contributed by atoms with Crippen LogP contribution in [0.5, 0.6) is 0 Å². The van der Waals surface area contributed by atoms with Gasteiger partial charge in [-0.2, -0.15) is 0 Å².